The number of hydrogen-bond acceptors (Lipinski definition) is 5. The Morgan fingerprint density at radius 3 is 2.85 bits per heavy atom. The zero-order valence-electron chi connectivity index (χ0n) is 15.1. The number of fused-ring (bicyclic) bond motifs is 3. The van der Waals surface area contributed by atoms with Gasteiger partial charge in [-0.05, 0) is 37.1 Å². The number of thiophene rings is 1. The fraction of sp³-hybridized carbons (Fsp3) is 0.190. The minimum atomic E-state index is -0.214. The molecule has 0 radical (unpaired) electrons. The molecule has 0 spiro atoms. The second-order valence-corrected chi connectivity index (χ2v) is 8.57. The molecular weight excluding hydrogens is 374 g/mol. The predicted octanol–water partition coefficient (Wildman–Crippen LogP) is 5.66. The second-order valence-electron chi connectivity index (χ2n) is 6.33. The molecule has 0 saturated carbocycles. The van der Waals surface area contributed by atoms with Crippen molar-refractivity contribution in [2.45, 2.75) is 30.5 Å². The quantitative estimate of drug-likeness (QED) is 0.351. The molecule has 1 amide bonds. The van der Waals surface area contributed by atoms with Crippen LogP contribution in [0.2, 0.25) is 0 Å². The summed E-state index contributed by atoms with van der Waals surface area (Å²) >= 11 is 3.19. The molecule has 2 heterocycles. The molecule has 2 aromatic heterocycles. The first kappa shape index (κ1) is 17.9. The number of benzene rings is 2. The van der Waals surface area contributed by atoms with Gasteiger partial charge in [0.2, 0.25) is 5.91 Å². The van der Waals surface area contributed by atoms with Crippen molar-refractivity contribution in [1.29, 1.82) is 0 Å². The average molecular weight is 394 g/mol. The summed E-state index contributed by atoms with van der Waals surface area (Å²) in [5, 5.41) is 4.82. The number of thioether (sulfide) groups is 1. The van der Waals surface area contributed by atoms with Crippen LogP contribution in [0.25, 0.3) is 20.3 Å². The van der Waals surface area contributed by atoms with Crippen molar-refractivity contribution in [2.75, 3.05) is 5.32 Å². The molecule has 1 atom stereocenters. The minimum Gasteiger partial charge on any atom is -0.325 e. The molecule has 0 aliphatic rings. The third-order valence-electron chi connectivity index (χ3n) is 4.33. The molecular formula is C21H19N3OS2. The van der Waals surface area contributed by atoms with Crippen LogP contribution >= 0.6 is 23.1 Å². The Labute approximate surface area is 166 Å². The highest BCUT2D eigenvalue weighted by atomic mass is 32.2. The molecule has 1 N–H and O–H groups in total. The molecule has 0 aliphatic heterocycles. The van der Waals surface area contributed by atoms with Crippen molar-refractivity contribution >= 4 is 55.0 Å². The summed E-state index contributed by atoms with van der Waals surface area (Å²) in [7, 11) is 0. The van der Waals surface area contributed by atoms with Crippen molar-refractivity contribution in [3.63, 3.8) is 0 Å². The maximum absolute atomic E-state index is 12.8. The van der Waals surface area contributed by atoms with Crippen LogP contribution in [0.5, 0.6) is 0 Å². The molecule has 4 aromatic rings. The molecule has 27 heavy (non-hydrogen) atoms. The van der Waals surface area contributed by atoms with E-state index in [1.807, 2.05) is 50.2 Å². The molecule has 0 fully saturated rings. The van der Waals surface area contributed by atoms with Gasteiger partial charge in [-0.3, -0.25) is 4.79 Å². The van der Waals surface area contributed by atoms with E-state index in [-0.39, 0.29) is 11.2 Å². The molecule has 6 heteroatoms. The maximum atomic E-state index is 12.8. The molecule has 136 valence electrons. The van der Waals surface area contributed by atoms with Crippen LogP contribution in [-0.4, -0.2) is 21.1 Å². The Kier molecular flexibility index (Phi) is 5.09. The lowest BCUT2D eigenvalue weighted by atomic mass is 10.2. The normalized spacial score (nSPS) is 12.4. The van der Waals surface area contributed by atoms with E-state index < -0.39 is 0 Å². The molecule has 4 nitrogen and oxygen atoms in total. The van der Waals surface area contributed by atoms with E-state index in [2.05, 4.69) is 27.4 Å². The van der Waals surface area contributed by atoms with E-state index >= 15 is 0 Å². The van der Waals surface area contributed by atoms with Gasteiger partial charge >= 0.3 is 0 Å². The number of amides is 1. The topological polar surface area (TPSA) is 54.9 Å². The maximum Gasteiger partial charge on any atom is 0.237 e. The Morgan fingerprint density at radius 1 is 1.19 bits per heavy atom. The summed E-state index contributed by atoms with van der Waals surface area (Å²) in [4.78, 5) is 21.7. The Bertz CT molecular complexity index is 1120. The molecule has 0 bridgehead atoms. The molecule has 0 aliphatic carbocycles. The third kappa shape index (κ3) is 3.68. The third-order valence-corrected chi connectivity index (χ3v) is 6.99. The average Bonchev–Trinajstić information content (AvgIpc) is 3.05. The second kappa shape index (κ2) is 7.66. The standard InChI is InChI=1S/C21H19N3OS2/c1-3-16(20(25)24-14-8-6-7-13(2)11-14)27-21-19-18(22-12-23-21)15-9-4-5-10-17(15)26-19/h4-12,16H,3H2,1-2H3,(H,24,25)/t16-/m0/s1. The van der Waals surface area contributed by atoms with Crippen LogP contribution in [0, 0.1) is 6.92 Å². The first-order chi connectivity index (χ1) is 13.2. The highest BCUT2D eigenvalue weighted by Crippen LogP contribution is 2.38. The lowest BCUT2D eigenvalue weighted by Crippen LogP contribution is -2.24. The highest BCUT2D eigenvalue weighted by molar-refractivity contribution is 8.00. The number of rotatable bonds is 5. The van der Waals surface area contributed by atoms with Gasteiger partial charge < -0.3 is 5.32 Å². The lowest BCUT2D eigenvalue weighted by molar-refractivity contribution is -0.115. The summed E-state index contributed by atoms with van der Waals surface area (Å²) in [6.45, 7) is 4.04. The number of carbonyl (C=O) groups is 1. The van der Waals surface area contributed by atoms with Gasteiger partial charge in [-0.25, -0.2) is 9.97 Å². The number of nitrogens with one attached hydrogen (secondary N) is 1. The van der Waals surface area contributed by atoms with Crippen LogP contribution < -0.4 is 5.32 Å². The van der Waals surface area contributed by atoms with Gasteiger partial charge in [0.05, 0.1) is 15.5 Å². The van der Waals surface area contributed by atoms with E-state index in [4.69, 9.17) is 0 Å². The van der Waals surface area contributed by atoms with Crippen LogP contribution in [0.1, 0.15) is 18.9 Å². The van der Waals surface area contributed by atoms with Crippen molar-refractivity contribution < 1.29 is 4.79 Å². The molecule has 0 unspecified atom stereocenters. The van der Waals surface area contributed by atoms with Gasteiger partial charge in [0, 0.05) is 15.8 Å². The zero-order chi connectivity index (χ0) is 18.8. The van der Waals surface area contributed by atoms with Gasteiger partial charge in [0.25, 0.3) is 0 Å². The number of hydrogen-bond donors (Lipinski definition) is 1. The Morgan fingerprint density at radius 2 is 2.04 bits per heavy atom. The van der Waals surface area contributed by atoms with Gasteiger partial charge in [-0.1, -0.05) is 49.0 Å². The summed E-state index contributed by atoms with van der Waals surface area (Å²) in [6, 6.07) is 16.1. The van der Waals surface area contributed by atoms with E-state index in [0.717, 1.165) is 38.3 Å². The van der Waals surface area contributed by atoms with Gasteiger partial charge in [-0.2, -0.15) is 0 Å². The number of anilines is 1. The van der Waals surface area contributed by atoms with E-state index in [1.165, 1.54) is 16.5 Å². The predicted molar refractivity (Wildman–Crippen MR) is 115 cm³/mol. The minimum absolute atomic E-state index is 0.000901. The van der Waals surface area contributed by atoms with Crippen LogP contribution in [0.15, 0.2) is 59.9 Å². The summed E-state index contributed by atoms with van der Waals surface area (Å²) in [5.41, 5.74) is 2.91. The Hall–Kier alpha value is -2.44. The molecule has 0 saturated heterocycles. The number of aryl methyl sites for hydroxylation is 1. The summed E-state index contributed by atoms with van der Waals surface area (Å²) < 4.78 is 2.23. The van der Waals surface area contributed by atoms with Crippen molar-refractivity contribution in [1.82, 2.24) is 9.97 Å². The SMILES string of the molecule is CC[C@H](Sc1ncnc2c1sc1ccccc12)C(=O)Nc1cccc(C)c1. The van der Waals surface area contributed by atoms with E-state index in [9.17, 15) is 4.79 Å². The lowest BCUT2D eigenvalue weighted by Gasteiger charge is -2.14. The van der Waals surface area contributed by atoms with Crippen LogP contribution in [0.3, 0.4) is 0 Å². The number of nitrogens with zero attached hydrogens (tertiary/aromatic N) is 2. The monoisotopic (exact) mass is 393 g/mol. The number of carbonyl (C=O) groups excluding carboxylic acids is 1. The first-order valence-corrected chi connectivity index (χ1v) is 10.5. The fourth-order valence-corrected chi connectivity index (χ4v) is 5.21. The summed E-state index contributed by atoms with van der Waals surface area (Å²) in [6.07, 6.45) is 2.31. The van der Waals surface area contributed by atoms with Crippen molar-refractivity contribution in [2.24, 2.45) is 0 Å². The van der Waals surface area contributed by atoms with E-state index in [0.29, 0.717) is 0 Å². The van der Waals surface area contributed by atoms with Crippen molar-refractivity contribution in [3.8, 4) is 0 Å². The molecule has 4 rings (SSSR count). The molecule has 2 aromatic carbocycles. The fourth-order valence-electron chi connectivity index (χ4n) is 2.99. The first-order valence-electron chi connectivity index (χ1n) is 8.82. The summed E-state index contributed by atoms with van der Waals surface area (Å²) in [5.74, 6) is 0.000901. The zero-order valence-corrected chi connectivity index (χ0v) is 16.7. The van der Waals surface area contributed by atoms with Gasteiger partial charge in [-0.15, -0.1) is 11.3 Å². The van der Waals surface area contributed by atoms with Gasteiger partial charge in [0.1, 0.15) is 11.4 Å². The van der Waals surface area contributed by atoms with Crippen LogP contribution in [-0.2, 0) is 4.79 Å². The largest absolute Gasteiger partial charge is 0.325 e. The van der Waals surface area contributed by atoms with Crippen LogP contribution in [0.4, 0.5) is 5.69 Å². The number of aromatic nitrogens is 2. The highest BCUT2D eigenvalue weighted by Gasteiger charge is 2.21. The van der Waals surface area contributed by atoms with Gasteiger partial charge in [0.15, 0.2) is 0 Å². The Balaban J connectivity index is 1.62. The smallest absolute Gasteiger partial charge is 0.237 e. The van der Waals surface area contributed by atoms with Crippen molar-refractivity contribution in [3.05, 3.63) is 60.4 Å². The van der Waals surface area contributed by atoms with E-state index in [1.54, 1.807) is 17.7 Å².